The molecule has 0 bridgehead atoms. The van der Waals surface area contributed by atoms with Crippen LogP contribution in [0.4, 0.5) is 0 Å². The number of thiophene rings is 1. The number of fused-ring (bicyclic) bond motifs is 1. The summed E-state index contributed by atoms with van der Waals surface area (Å²) < 4.78 is 35.8. The van der Waals surface area contributed by atoms with Gasteiger partial charge in [0.15, 0.2) is 0 Å². The topological polar surface area (TPSA) is 107 Å². The van der Waals surface area contributed by atoms with E-state index in [-0.39, 0.29) is 35.4 Å². The van der Waals surface area contributed by atoms with Gasteiger partial charge < -0.3 is 9.47 Å². The standard InChI is InChI=1S/C15H14N2OS.C9H16O2.C7H16.C6H13NO2S/c1-10(2)18-15-14(13-8-5-9-19-13)16-11-6-3-4-7-12(11)17-15;1-7(2)9(10)11-8-5-3-4-6-8;1-6(2)7(3,4)5;1-5(2)7-10(8,9)6-3-4-6/h3-10H,1-2H3;7-8H,3-6H2,1-2H3;6H,1-5H3;5-7H,3-4H2,1-2H3. The van der Waals surface area contributed by atoms with Gasteiger partial charge >= 0.3 is 5.97 Å². The molecule has 0 amide bonds. The number of aromatic nitrogens is 2. The van der Waals surface area contributed by atoms with Gasteiger partial charge in [-0.15, -0.1) is 11.3 Å². The zero-order valence-electron chi connectivity index (χ0n) is 30.5. The molecule has 0 atom stereocenters. The molecular weight excluding hydrogens is 631 g/mol. The smallest absolute Gasteiger partial charge is 0.308 e. The summed E-state index contributed by atoms with van der Waals surface area (Å²) in [6.07, 6.45) is 6.55. The number of carbonyl (C=O) groups excluding carboxylic acids is 1. The van der Waals surface area contributed by atoms with Crippen LogP contribution in [0.15, 0.2) is 41.8 Å². The van der Waals surface area contributed by atoms with E-state index < -0.39 is 10.0 Å². The maximum absolute atomic E-state index is 11.1. The number of carbonyl (C=O) groups is 1. The SMILES string of the molecule is CC(C)C(=O)OC1CCCC1.CC(C)C(C)(C)C.CC(C)NS(=O)(=O)C1CC1.CC(C)Oc1nc2ccccc2nc1-c1cccs1. The molecule has 0 unspecified atom stereocenters. The van der Waals surface area contributed by atoms with Crippen molar-refractivity contribution in [2.75, 3.05) is 0 Å². The fourth-order valence-corrected chi connectivity index (χ4v) is 6.28. The first-order valence-electron chi connectivity index (χ1n) is 17.1. The highest BCUT2D eigenvalue weighted by Crippen LogP contribution is 2.32. The van der Waals surface area contributed by atoms with Crippen LogP contribution >= 0.6 is 11.3 Å². The average Bonchev–Trinajstić information content (AvgIpc) is 3.47. The highest BCUT2D eigenvalue weighted by atomic mass is 32.2. The first kappa shape index (κ1) is 40.6. The van der Waals surface area contributed by atoms with Gasteiger partial charge in [-0.2, -0.15) is 0 Å². The van der Waals surface area contributed by atoms with E-state index in [0.717, 1.165) is 53.2 Å². The monoisotopic (exact) mass is 689 g/mol. The van der Waals surface area contributed by atoms with Gasteiger partial charge in [0.05, 0.1) is 33.2 Å². The van der Waals surface area contributed by atoms with Crippen LogP contribution in [-0.2, 0) is 19.6 Å². The molecule has 2 heterocycles. The Morgan fingerprint density at radius 3 is 1.85 bits per heavy atom. The summed E-state index contributed by atoms with van der Waals surface area (Å²) in [5.74, 6) is 1.39. The molecule has 2 aliphatic carbocycles. The van der Waals surface area contributed by atoms with Crippen LogP contribution in [0.1, 0.15) is 115 Å². The maximum Gasteiger partial charge on any atom is 0.308 e. The molecule has 0 aliphatic heterocycles. The Bertz CT molecular complexity index is 1450. The van der Waals surface area contributed by atoms with Crippen molar-refractivity contribution in [3.05, 3.63) is 41.8 Å². The molecule has 2 aromatic heterocycles. The number of esters is 1. The van der Waals surface area contributed by atoms with Crippen LogP contribution in [-0.4, -0.2) is 47.9 Å². The van der Waals surface area contributed by atoms with Gasteiger partial charge in [-0.05, 0) is 101 Å². The number of rotatable bonds is 8. The lowest BCUT2D eigenvalue weighted by Crippen LogP contribution is -2.32. The zero-order chi connectivity index (χ0) is 35.4. The molecule has 2 fully saturated rings. The second-order valence-corrected chi connectivity index (χ2v) is 17.5. The van der Waals surface area contributed by atoms with Gasteiger partial charge in [0, 0.05) is 6.04 Å². The lowest BCUT2D eigenvalue weighted by molar-refractivity contribution is -0.152. The predicted octanol–water partition coefficient (Wildman–Crippen LogP) is 9.44. The maximum atomic E-state index is 11.1. The third kappa shape index (κ3) is 15.0. The van der Waals surface area contributed by atoms with Crippen molar-refractivity contribution in [3.63, 3.8) is 0 Å². The predicted molar refractivity (Wildman–Crippen MR) is 196 cm³/mol. The summed E-state index contributed by atoms with van der Waals surface area (Å²) in [4.78, 5) is 21.4. The first-order chi connectivity index (χ1) is 21.9. The lowest BCUT2D eigenvalue weighted by Gasteiger charge is -2.22. The molecule has 1 aromatic carbocycles. The van der Waals surface area contributed by atoms with Crippen LogP contribution in [0.5, 0.6) is 5.88 Å². The van der Waals surface area contributed by atoms with E-state index in [1.54, 1.807) is 11.3 Å². The van der Waals surface area contributed by atoms with Gasteiger partial charge in [-0.25, -0.2) is 23.1 Å². The number of nitrogens with zero attached hydrogens (tertiary/aromatic N) is 2. The third-order valence-electron chi connectivity index (χ3n) is 7.79. The molecule has 47 heavy (non-hydrogen) atoms. The summed E-state index contributed by atoms with van der Waals surface area (Å²) in [6, 6.07) is 11.9. The molecule has 2 saturated carbocycles. The molecular formula is C37H59N3O5S2. The Kier molecular flexibility index (Phi) is 16.3. The summed E-state index contributed by atoms with van der Waals surface area (Å²) in [5.41, 5.74) is 3.07. The summed E-state index contributed by atoms with van der Waals surface area (Å²) >= 11 is 1.64. The van der Waals surface area contributed by atoms with Crippen molar-refractivity contribution < 1.29 is 22.7 Å². The molecule has 2 aliphatic rings. The van der Waals surface area contributed by atoms with Crippen molar-refractivity contribution >= 4 is 38.4 Å². The van der Waals surface area contributed by atoms with E-state index in [0.29, 0.717) is 11.3 Å². The van der Waals surface area contributed by atoms with Crippen molar-refractivity contribution in [1.29, 1.82) is 0 Å². The molecule has 0 spiro atoms. The van der Waals surface area contributed by atoms with Crippen LogP contribution < -0.4 is 9.46 Å². The summed E-state index contributed by atoms with van der Waals surface area (Å²) in [7, 11) is -2.94. The van der Waals surface area contributed by atoms with Crippen LogP contribution in [0, 0.1) is 17.3 Å². The molecule has 5 rings (SSSR count). The second-order valence-electron chi connectivity index (χ2n) is 14.5. The minimum Gasteiger partial charge on any atom is -0.473 e. The van der Waals surface area contributed by atoms with E-state index >= 15 is 0 Å². The molecule has 0 radical (unpaired) electrons. The number of ether oxygens (including phenoxy) is 2. The lowest BCUT2D eigenvalue weighted by atomic mass is 9.84. The first-order valence-corrected chi connectivity index (χ1v) is 19.5. The van der Waals surface area contributed by atoms with Crippen molar-refractivity contribution in [1.82, 2.24) is 14.7 Å². The second kappa shape index (κ2) is 18.8. The Balaban J connectivity index is 0.000000236. The highest BCUT2D eigenvalue weighted by molar-refractivity contribution is 7.90. The number of benzene rings is 1. The van der Waals surface area contributed by atoms with E-state index in [4.69, 9.17) is 14.5 Å². The van der Waals surface area contributed by atoms with Crippen molar-refractivity contribution in [2.24, 2.45) is 17.3 Å². The summed E-state index contributed by atoms with van der Waals surface area (Å²) in [5, 5.41) is 1.95. The molecule has 3 aromatic rings. The fraction of sp³-hybridized carbons (Fsp3) is 0.649. The third-order valence-corrected chi connectivity index (χ3v) is 10.8. The number of hydrogen-bond acceptors (Lipinski definition) is 8. The highest BCUT2D eigenvalue weighted by Gasteiger charge is 2.35. The molecule has 0 saturated heterocycles. The van der Waals surface area contributed by atoms with Crippen LogP contribution in [0.3, 0.4) is 0 Å². The van der Waals surface area contributed by atoms with E-state index in [1.807, 2.05) is 83.3 Å². The quantitative estimate of drug-likeness (QED) is 0.235. The van der Waals surface area contributed by atoms with Crippen LogP contribution in [0.2, 0.25) is 0 Å². The van der Waals surface area contributed by atoms with E-state index in [9.17, 15) is 13.2 Å². The fourth-order valence-electron chi connectivity index (χ4n) is 3.97. The number of sulfonamides is 1. The van der Waals surface area contributed by atoms with Crippen molar-refractivity contribution in [3.8, 4) is 16.5 Å². The molecule has 264 valence electrons. The largest absolute Gasteiger partial charge is 0.473 e. The Morgan fingerprint density at radius 2 is 1.43 bits per heavy atom. The van der Waals surface area contributed by atoms with E-state index in [1.165, 1.54) is 12.8 Å². The minimum absolute atomic E-state index is 0.0237. The Hall–Kier alpha value is -2.56. The van der Waals surface area contributed by atoms with Gasteiger partial charge in [0.1, 0.15) is 11.8 Å². The van der Waals surface area contributed by atoms with Gasteiger partial charge in [-0.1, -0.05) is 66.7 Å². The molecule has 10 heteroatoms. The number of hydrogen-bond donors (Lipinski definition) is 1. The Morgan fingerprint density at radius 1 is 0.872 bits per heavy atom. The van der Waals surface area contributed by atoms with Gasteiger partial charge in [0.2, 0.25) is 15.9 Å². The number of nitrogens with one attached hydrogen (secondary N) is 1. The van der Waals surface area contributed by atoms with Gasteiger partial charge in [-0.3, -0.25) is 4.79 Å². The Labute approximate surface area is 288 Å². The van der Waals surface area contributed by atoms with Crippen LogP contribution in [0.25, 0.3) is 21.6 Å². The number of para-hydroxylation sites is 2. The van der Waals surface area contributed by atoms with E-state index in [2.05, 4.69) is 44.3 Å². The minimum atomic E-state index is -2.94. The normalized spacial score (nSPS) is 15.1. The summed E-state index contributed by atoms with van der Waals surface area (Å²) in [6.45, 7) is 22.7. The average molecular weight is 690 g/mol. The molecule has 1 N–H and O–H groups in total. The van der Waals surface area contributed by atoms with Crippen molar-refractivity contribution in [2.45, 2.75) is 138 Å². The zero-order valence-corrected chi connectivity index (χ0v) is 32.1. The molecule has 8 nitrogen and oxygen atoms in total. The van der Waals surface area contributed by atoms with Gasteiger partial charge in [0.25, 0.3) is 0 Å².